The number of methoxy groups -OCH3 is 3. The first-order valence-electron chi connectivity index (χ1n) is 8.97. The van der Waals surface area contributed by atoms with E-state index in [1.807, 2.05) is 42.5 Å². The van der Waals surface area contributed by atoms with E-state index in [2.05, 4.69) is 4.98 Å². The molecule has 1 aromatic heterocycles. The van der Waals surface area contributed by atoms with Gasteiger partial charge < -0.3 is 14.2 Å². The number of benzene rings is 3. The minimum absolute atomic E-state index is 0.176. The third-order valence-electron chi connectivity index (χ3n) is 4.67. The van der Waals surface area contributed by atoms with Gasteiger partial charge in [0.1, 0.15) is 0 Å². The van der Waals surface area contributed by atoms with Gasteiger partial charge in [-0.25, -0.2) is 14.4 Å². The first-order valence-corrected chi connectivity index (χ1v) is 8.97. The Bertz CT molecular complexity index is 1190. The lowest BCUT2D eigenvalue weighted by Gasteiger charge is -2.12. The molecule has 0 saturated heterocycles. The van der Waals surface area contributed by atoms with Crippen LogP contribution in [0, 0.1) is 5.82 Å². The number of ether oxygens (including phenoxy) is 3. The summed E-state index contributed by atoms with van der Waals surface area (Å²) in [5.41, 5.74) is 2.90. The minimum Gasteiger partial charge on any atom is -0.494 e. The summed E-state index contributed by atoms with van der Waals surface area (Å²) >= 11 is 0. The molecule has 3 aromatic carbocycles. The average molecular weight is 390 g/mol. The van der Waals surface area contributed by atoms with Gasteiger partial charge in [-0.1, -0.05) is 18.2 Å². The second kappa shape index (κ2) is 7.75. The zero-order valence-electron chi connectivity index (χ0n) is 16.3. The molecule has 4 aromatic rings. The van der Waals surface area contributed by atoms with Crippen LogP contribution in [0.25, 0.3) is 33.5 Å². The lowest BCUT2D eigenvalue weighted by Crippen LogP contribution is -1.97. The van der Waals surface area contributed by atoms with Gasteiger partial charge in [0.05, 0.1) is 32.5 Å². The zero-order valence-corrected chi connectivity index (χ0v) is 16.3. The van der Waals surface area contributed by atoms with Crippen LogP contribution in [-0.2, 0) is 0 Å². The van der Waals surface area contributed by atoms with Crippen LogP contribution in [0.4, 0.5) is 4.39 Å². The third-order valence-corrected chi connectivity index (χ3v) is 4.67. The van der Waals surface area contributed by atoms with E-state index < -0.39 is 5.82 Å². The molecule has 4 rings (SSSR count). The first kappa shape index (κ1) is 18.7. The number of rotatable bonds is 5. The highest BCUT2D eigenvalue weighted by atomic mass is 19.1. The summed E-state index contributed by atoms with van der Waals surface area (Å²) in [6.07, 6.45) is 0. The molecule has 0 radical (unpaired) electrons. The molecule has 29 heavy (non-hydrogen) atoms. The minimum atomic E-state index is -0.463. The Morgan fingerprint density at radius 2 is 1.38 bits per heavy atom. The van der Waals surface area contributed by atoms with E-state index in [-0.39, 0.29) is 5.75 Å². The Kier molecular flexibility index (Phi) is 4.99. The number of para-hydroxylation sites is 1. The summed E-state index contributed by atoms with van der Waals surface area (Å²) in [7, 11) is 4.61. The molecule has 1 heterocycles. The lowest BCUT2D eigenvalue weighted by molar-refractivity contribution is 0.355. The molecule has 0 aliphatic rings. The van der Waals surface area contributed by atoms with E-state index in [1.54, 1.807) is 26.4 Å². The van der Waals surface area contributed by atoms with Crippen molar-refractivity contribution in [3.05, 3.63) is 66.5 Å². The van der Waals surface area contributed by atoms with Crippen molar-refractivity contribution in [2.45, 2.75) is 0 Å². The molecule has 5 nitrogen and oxygen atoms in total. The molecule has 0 unspecified atom stereocenters. The molecular formula is C23H19FN2O3. The number of halogens is 1. The maximum absolute atomic E-state index is 14.2. The molecule has 0 saturated carbocycles. The highest BCUT2D eigenvalue weighted by molar-refractivity contribution is 5.94. The summed E-state index contributed by atoms with van der Waals surface area (Å²) < 4.78 is 30.0. The molecule has 0 N–H and O–H groups in total. The topological polar surface area (TPSA) is 53.5 Å². The standard InChI is InChI=1S/C23H19FN2O3/c1-27-19-10-9-15(12-17(19)24)23-25-18-7-5-4-6-16(18)22(26-23)14-8-11-20(28-2)21(13-14)29-3/h4-13H,1-3H3. The van der Waals surface area contributed by atoms with Gasteiger partial charge in [-0.3, -0.25) is 0 Å². The zero-order chi connectivity index (χ0) is 20.4. The highest BCUT2D eigenvalue weighted by Crippen LogP contribution is 2.35. The second-order valence-corrected chi connectivity index (χ2v) is 6.33. The van der Waals surface area contributed by atoms with Gasteiger partial charge in [0.25, 0.3) is 0 Å². The quantitative estimate of drug-likeness (QED) is 0.473. The average Bonchev–Trinajstić information content (AvgIpc) is 2.77. The smallest absolute Gasteiger partial charge is 0.165 e. The summed E-state index contributed by atoms with van der Waals surface area (Å²) in [6.45, 7) is 0. The fraction of sp³-hybridized carbons (Fsp3) is 0.130. The SMILES string of the molecule is COc1ccc(-c2nc(-c3ccc(OC)c(OC)c3)c3ccccc3n2)cc1F. The largest absolute Gasteiger partial charge is 0.494 e. The molecule has 6 heteroatoms. The van der Waals surface area contributed by atoms with E-state index in [0.717, 1.165) is 22.2 Å². The van der Waals surface area contributed by atoms with Gasteiger partial charge in [-0.15, -0.1) is 0 Å². The first-order chi connectivity index (χ1) is 14.1. The molecule has 146 valence electrons. The van der Waals surface area contributed by atoms with Crippen LogP contribution in [-0.4, -0.2) is 31.3 Å². The molecule has 0 atom stereocenters. The number of aromatic nitrogens is 2. The van der Waals surface area contributed by atoms with Crippen molar-refractivity contribution >= 4 is 10.9 Å². The van der Waals surface area contributed by atoms with Crippen molar-refractivity contribution < 1.29 is 18.6 Å². The number of hydrogen-bond donors (Lipinski definition) is 0. The maximum atomic E-state index is 14.2. The fourth-order valence-electron chi connectivity index (χ4n) is 3.21. The van der Waals surface area contributed by atoms with Crippen molar-refractivity contribution in [2.75, 3.05) is 21.3 Å². The van der Waals surface area contributed by atoms with Crippen molar-refractivity contribution in [3.63, 3.8) is 0 Å². The van der Waals surface area contributed by atoms with E-state index in [1.165, 1.54) is 13.2 Å². The van der Waals surface area contributed by atoms with E-state index in [9.17, 15) is 4.39 Å². The molecule has 0 fully saturated rings. The predicted molar refractivity (Wildman–Crippen MR) is 110 cm³/mol. The molecule has 0 aliphatic heterocycles. The molecule has 0 bridgehead atoms. The van der Waals surface area contributed by atoms with Crippen molar-refractivity contribution in [3.8, 4) is 39.9 Å². The Balaban J connectivity index is 1.93. The van der Waals surface area contributed by atoms with E-state index in [4.69, 9.17) is 19.2 Å². The van der Waals surface area contributed by atoms with Crippen LogP contribution in [0.2, 0.25) is 0 Å². The number of nitrogens with zero attached hydrogens (tertiary/aromatic N) is 2. The fourth-order valence-corrected chi connectivity index (χ4v) is 3.21. The van der Waals surface area contributed by atoms with Crippen LogP contribution < -0.4 is 14.2 Å². The summed E-state index contributed by atoms with van der Waals surface area (Å²) in [5.74, 6) is 1.37. The Morgan fingerprint density at radius 3 is 2.10 bits per heavy atom. The normalized spacial score (nSPS) is 10.8. The van der Waals surface area contributed by atoms with Gasteiger partial charge in [-0.2, -0.15) is 0 Å². The third kappa shape index (κ3) is 3.45. The Hall–Kier alpha value is -3.67. The predicted octanol–water partition coefficient (Wildman–Crippen LogP) is 5.13. The van der Waals surface area contributed by atoms with E-state index >= 15 is 0 Å². The van der Waals surface area contributed by atoms with E-state index in [0.29, 0.717) is 22.9 Å². The molecule has 0 aliphatic carbocycles. The summed E-state index contributed by atoms with van der Waals surface area (Å²) in [6, 6.07) is 18.0. The maximum Gasteiger partial charge on any atom is 0.165 e. The van der Waals surface area contributed by atoms with Crippen LogP contribution >= 0.6 is 0 Å². The number of fused-ring (bicyclic) bond motifs is 1. The second-order valence-electron chi connectivity index (χ2n) is 6.33. The number of hydrogen-bond acceptors (Lipinski definition) is 5. The van der Waals surface area contributed by atoms with Crippen LogP contribution in [0.5, 0.6) is 17.2 Å². The van der Waals surface area contributed by atoms with Crippen molar-refractivity contribution in [1.29, 1.82) is 0 Å². The van der Waals surface area contributed by atoms with Gasteiger partial charge in [0, 0.05) is 16.5 Å². The van der Waals surface area contributed by atoms with Gasteiger partial charge in [-0.05, 0) is 42.5 Å². The molecular weight excluding hydrogens is 371 g/mol. The molecule has 0 spiro atoms. The van der Waals surface area contributed by atoms with Crippen molar-refractivity contribution in [2.24, 2.45) is 0 Å². The van der Waals surface area contributed by atoms with Crippen molar-refractivity contribution in [1.82, 2.24) is 9.97 Å². The van der Waals surface area contributed by atoms with Gasteiger partial charge in [0.2, 0.25) is 0 Å². The summed E-state index contributed by atoms with van der Waals surface area (Å²) in [4.78, 5) is 9.38. The summed E-state index contributed by atoms with van der Waals surface area (Å²) in [5, 5.41) is 0.887. The Morgan fingerprint density at radius 1 is 0.690 bits per heavy atom. The van der Waals surface area contributed by atoms with Crippen LogP contribution in [0.1, 0.15) is 0 Å². The van der Waals surface area contributed by atoms with Gasteiger partial charge in [0.15, 0.2) is 28.9 Å². The van der Waals surface area contributed by atoms with Crippen LogP contribution in [0.15, 0.2) is 60.7 Å². The van der Waals surface area contributed by atoms with Crippen LogP contribution in [0.3, 0.4) is 0 Å². The monoisotopic (exact) mass is 390 g/mol. The highest BCUT2D eigenvalue weighted by Gasteiger charge is 2.15. The lowest BCUT2D eigenvalue weighted by atomic mass is 10.0. The van der Waals surface area contributed by atoms with Gasteiger partial charge >= 0.3 is 0 Å². The Labute approximate surface area is 167 Å². The molecule has 0 amide bonds.